The van der Waals surface area contributed by atoms with Gasteiger partial charge in [-0.3, -0.25) is 14.3 Å². The summed E-state index contributed by atoms with van der Waals surface area (Å²) in [6.07, 6.45) is 5.32. The monoisotopic (exact) mass is 337 g/mol. The summed E-state index contributed by atoms with van der Waals surface area (Å²) in [4.78, 5) is 26.3. The Morgan fingerprint density at radius 1 is 1.42 bits per heavy atom. The van der Waals surface area contributed by atoms with Crippen LogP contribution >= 0.6 is 0 Å². The van der Waals surface area contributed by atoms with Crippen molar-refractivity contribution in [2.75, 3.05) is 20.2 Å². The Kier molecular flexibility index (Phi) is 5.35. The summed E-state index contributed by atoms with van der Waals surface area (Å²) in [6.45, 7) is 3.46. The van der Waals surface area contributed by atoms with E-state index in [1.807, 2.05) is 6.92 Å². The fourth-order valence-electron chi connectivity index (χ4n) is 3.89. The van der Waals surface area contributed by atoms with E-state index < -0.39 is 0 Å². The number of carbonyl (C=O) groups is 1. The molecule has 1 saturated carbocycles. The summed E-state index contributed by atoms with van der Waals surface area (Å²) in [7, 11) is 1.68. The summed E-state index contributed by atoms with van der Waals surface area (Å²) in [5.41, 5.74) is -0.205. The fourth-order valence-corrected chi connectivity index (χ4v) is 3.89. The Labute approximate surface area is 141 Å². The molecule has 2 heterocycles. The number of H-pyrrole nitrogens is 1. The number of nitrogens with one attached hydrogen (secondary N) is 2. The standard InChI is InChI=1S/C16H27N5O3/c1-3-21-15(18-19-16(21)23)13-8-12(24-2)9-20(13)10-14(22)17-11-6-4-5-7-11/h11-13H,3-10H2,1-2H3,(H,17,22)(H,19,23)/t12-,13-/m0/s1. The van der Waals surface area contributed by atoms with Crippen molar-refractivity contribution in [1.82, 2.24) is 25.0 Å². The molecule has 8 heteroatoms. The zero-order chi connectivity index (χ0) is 17.1. The van der Waals surface area contributed by atoms with Crippen molar-refractivity contribution < 1.29 is 9.53 Å². The predicted molar refractivity (Wildman–Crippen MR) is 88.6 cm³/mol. The van der Waals surface area contributed by atoms with Crippen LogP contribution in [0, 0.1) is 0 Å². The fraction of sp³-hybridized carbons (Fsp3) is 0.812. The first-order chi connectivity index (χ1) is 11.6. The maximum atomic E-state index is 12.4. The number of methoxy groups -OCH3 is 1. The number of aromatic nitrogens is 3. The van der Waals surface area contributed by atoms with E-state index >= 15 is 0 Å². The highest BCUT2D eigenvalue weighted by Crippen LogP contribution is 2.31. The smallest absolute Gasteiger partial charge is 0.343 e. The third kappa shape index (κ3) is 3.54. The van der Waals surface area contributed by atoms with Crippen molar-refractivity contribution in [1.29, 1.82) is 0 Å². The maximum absolute atomic E-state index is 12.4. The number of ether oxygens (including phenoxy) is 1. The summed E-state index contributed by atoms with van der Waals surface area (Å²) in [5, 5.41) is 9.84. The van der Waals surface area contributed by atoms with Crippen LogP contribution in [0.15, 0.2) is 4.79 Å². The molecule has 1 aromatic rings. The van der Waals surface area contributed by atoms with Crippen molar-refractivity contribution in [3.8, 4) is 0 Å². The number of nitrogens with zero attached hydrogens (tertiary/aromatic N) is 3. The minimum Gasteiger partial charge on any atom is -0.380 e. The van der Waals surface area contributed by atoms with E-state index in [0.717, 1.165) is 19.3 Å². The molecule has 8 nitrogen and oxygen atoms in total. The summed E-state index contributed by atoms with van der Waals surface area (Å²) in [6, 6.07) is 0.235. The molecule has 0 aromatic carbocycles. The number of rotatable bonds is 6. The molecule has 1 aliphatic carbocycles. The molecule has 1 aliphatic heterocycles. The highest BCUT2D eigenvalue weighted by molar-refractivity contribution is 5.78. The van der Waals surface area contributed by atoms with Gasteiger partial charge in [0, 0.05) is 26.2 Å². The lowest BCUT2D eigenvalue weighted by Gasteiger charge is -2.23. The van der Waals surface area contributed by atoms with E-state index in [1.165, 1.54) is 12.8 Å². The number of aromatic amines is 1. The van der Waals surface area contributed by atoms with Crippen molar-refractivity contribution in [3.63, 3.8) is 0 Å². The topological polar surface area (TPSA) is 92.2 Å². The van der Waals surface area contributed by atoms with Crippen LogP contribution in [0.4, 0.5) is 0 Å². The number of hydrogen-bond acceptors (Lipinski definition) is 5. The molecule has 1 aromatic heterocycles. The van der Waals surface area contributed by atoms with Gasteiger partial charge in [0.25, 0.3) is 0 Å². The minimum atomic E-state index is -0.205. The molecule has 1 saturated heterocycles. The van der Waals surface area contributed by atoms with Gasteiger partial charge in [0.2, 0.25) is 5.91 Å². The van der Waals surface area contributed by atoms with Crippen LogP contribution in [-0.2, 0) is 16.1 Å². The van der Waals surface area contributed by atoms with Crippen LogP contribution in [0.25, 0.3) is 0 Å². The molecule has 0 spiro atoms. The van der Waals surface area contributed by atoms with Gasteiger partial charge in [0.05, 0.1) is 18.7 Å². The van der Waals surface area contributed by atoms with E-state index in [4.69, 9.17) is 4.74 Å². The van der Waals surface area contributed by atoms with Gasteiger partial charge < -0.3 is 10.1 Å². The average Bonchev–Trinajstić information content (AvgIpc) is 3.27. The van der Waals surface area contributed by atoms with Gasteiger partial charge in [0.1, 0.15) is 0 Å². The highest BCUT2D eigenvalue weighted by atomic mass is 16.5. The Morgan fingerprint density at radius 3 is 2.83 bits per heavy atom. The number of likely N-dealkylation sites (tertiary alicyclic amines) is 1. The van der Waals surface area contributed by atoms with Crippen molar-refractivity contribution in [2.45, 2.75) is 63.8 Å². The van der Waals surface area contributed by atoms with Crippen LogP contribution in [0.2, 0.25) is 0 Å². The van der Waals surface area contributed by atoms with Crippen LogP contribution in [0.3, 0.4) is 0 Å². The second-order valence-corrected chi connectivity index (χ2v) is 6.72. The molecule has 0 bridgehead atoms. The van der Waals surface area contributed by atoms with Crippen LogP contribution < -0.4 is 11.0 Å². The Hall–Kier alpha value is -1.67. The van der Waals surface area contributed by atoms with Crippen molar-refractivity contribution in [3.05, 3.63) is 16.3 Å². The van der Waals surface area contributed by atoms with Gasteiger partial charge in [-0.15, -0.1) is 0 Å². The molecule has 0 unspecified atom stereocenters. The van der Waals surface area contributed by atoms with Gasteiger partial charge >= 0.3 is 5.69 Å². The number of hydrogen-bond donors (Lipinski definition) is 2. The Morgan fingerprint density at radius 2 is 2.17 bits per heavy atom. The largest absolute Gasteiger partial charge is 0.380 e. The van der Waals surface area contributed by atoms with Gasteiger partial charge in [-0.25, -0.2) is 9.89 Å². The number of carbonyl (C=O) groups excluding carboxylic acids is 1. The predicted octanol–water partition coefficient (Wildman–Crippen LogP) is 0.412. The minimum absolute atomic E-state index is 0.0459. The highest BCUT2D eigenvalue weighted by Gasteiger charge is 2.37. The molecular formula is C16H27N5O3. The lowest BCUT2D eigenvalue weighted by atomic mass is 10.2. The molecule has 3 rings (SSSR count). The van der Waals surface area contributed by atoms with E-state index in [-0.39, 0.29) is 23.7 Å². The first kappa shape index (κ1) is 17.2. The molecular weight excluding hydrogens is 310 g/mol. The Balaban J connectivity index is 1.71. The Bertz CT molecular complexity index is 619. The van der Waals surface area contributed by atoms with E-state index in [2.05, 4.69) is 20.4 Å². The average molecular weight is 337 g/mol. The molecule has 2 fully saturated rings. The van der Waals surface area contributed by atoms with Crippen LogP contribution in [0.5, 0.6) is 0 Å². The third-order valence-corrected chi connectivity index (χ3v) is 5.17. The lowest BCUT2D eigenvalue weighted by Crippen LogP contribution is -2.41. The SMILES string of the molecule is CCn1c([C@@H]2C[C@H](OC)CN2CC(=O)NC2CCCC2)n[nH]c1=O. The van der Waals surface area contributed by atoms with Crippen LogP contribution in [-0.4, -0.2) is 57.9 Å². The molecule has 2 N–H and O–H groups in total. The van der Waals surface area contributed by atoms with Gasteiger partial charge in [0.15, 0.2) is 5.82 Å². The van der Waals surface area contributed by atoms with Crippen molar-refractivity contribution >= 4 is 5.91 Å². The van der Waals surface area contributed by atoms with Gasteiger partial charge in [-0.2, -0.15) is 5.10 Å². The van der Waals surface area contributed by atoms with Gasteiger partial charge in [-0.1, -0.05) is 12.8 Å². The van der Waals surface area contributed by atoms with E-state index in [1.54, 1.807) is 11.7 Å². The van der Waals surface area contributed by atoms with Crippen LogP contribution in [0.1, 0.15) is 50.9 Å². The molecule has 2 aliphatic rings. The third-order valence-electron chi connectivity index (χ3n) is 5.17. The lowest BCUT2D eigenvalue weighted by molar-refractivity contribution is -0.123. The number of amides is 1. The van der Waals surface area contributed by atoms with Crippen molar-refractivity contribution in [2.24, 2.45) is 0 Å². The molecule has 1 amide bonds. The first-order valence-corrected chi connectivity index (χ1v) is 8.83. The van der Waals surface area contributed by atoms with E-state index in [9.17, 15) is 9.59 Å². The zero-order valence-electron chi connectivity index (χ0n) is 14.5. The molecule has 134 valence electrons. The summed E-state index contributed by atoms with van der Waals surface area (Å²) in [5.74, 6) is 0.736. The second kappa shape index (κ2) is 7.48. The molecule has 0 radical (unpaired) electrons. The van der Waals surface area contributed by atoms with E-state index in [0.29, 0.717) is 31.5 Å². The zero-order valence-corrected chi connectivity index (χ0v) is 14.5. The quantitative estimate of drug-likeness (QED) is 0.784. The molecule has 2 atom stereocenters. The summed E-state index contributed by atoms with van der Waals surface area (Å²) < 4.78 is 7.12. The summed E-state index contributed by atoms with van der Waals surface area (Å²) >= 11 is 0. The molecule has 24 heavy (non-hydrogen) atoms. The maximum Gasteiger partial charge on any atom is 0.343 e. The normalized spacial score (nSPS) is 25.4. The second-order valence-electron chi connectivity index (χ2n) is 6.72. The van der Waals surface area contributed by atoms with Gasteiger partial charge in [-0.05, 0) is 26.2 Å². The first-order valence-electron chi connectivity index (χ1n) is 8.83.